The van der Waals surface area contributed by atoms with Gasteiger partial charge < -0.3 is 10.4 Å². The van der Waals surface area contributed by atoms with Crippen LogP contribution < -0.4 is 5.32 Å². The molecule has 1 aromatic heterocycles. The number of hydrogen-bond donors (Lipinski definition) is 2. The Labute approximate surface area is 155 Å². The van der Waals surface area contributed by atoms with Gasteiger partial charge >= 0.3 is 5.97 Å². The van der Waals surface area contributed by atoms with E-state index in [1.807, 2.05) is 24.3 Å². The summed E-state index contributed by atoms with van der Waals surface area (Å²) in [7, 11) is 0. The van der Waals surface area contributed by atoms with E-state index in [0.29, 0.717) is 6.42 Å². The minimum absolute atomic E-state index is 0.114. The van der Waals surface area contributed by atoms with Crippen molar-refractivity contribution in [3.63, 3.8) is 0 Å². The number of alkyl halides is 2. The number of halogens is 2. The van der Waals surface area contributed by atoms with Gasteiger partial charge in [0.1, 0.15) is 6.04 Å². The lowest BCUT2D eigenvalue weighted by molar-refractivity contribution is -0.140. The zero-order valence-corrected chi connectivity index (χ0v) is 14.9. The molecule has 8 heteroatoms. The van der Waals surface area contributed by atoms with Gasteiger partial charge in [-0.25, -0.2) is 18.3 Å². The van der Waals surface area contributed by atoms with Gasteiger partial charge in [-0.1, -0.05) is 19.1 Å². The van der Waals surface area contributed by atoms with Crippen molar-refractivity contribution in [2.75, 3.05) is 0 Å². The highest BCUT2D eigenvalue weighted by Crippen LogP contribution is 2.28. The van der Waals surface area contributed by atoms with Crippen LogP contribution in [0, 0.1) is 0 Å². The standard InChI is InChI=1S/C19H21F2N3O3/c1-2-11-6-8-12(9-7-11)24-15-5-3-4-13(15)17(23-24)18(25)22-14(19(26)27)10-16(20)21/h6-9,14,16H,2-5,10H2,1H3,(H,22,25)(H,26,27). The third kappa shape index (κ3) is 3.99. The predicted octanol–water partition coefficient (Wildman–Crippen LogP) is 2.76. The average molecular weight is 377 g/mol. The second-order valence-corrected chi connectivity index (χ2v) is 6.55. The van der Waals surface area contributed by atoms with Crippen LogP contribution in [0.25, 0.3) is 5.69 Å². The number of carboxylic acids is 1. The molecule has 1 amide bonds. The second-order valence-electron chi connectivity index (χ2n) is 6.55. The highest BCUT2D eigenvalue weighted by atomic mass is 19.3. The largest absolute Gasteiger partial charge is 0.480 e. The molecule has 0 radical (unpaired) electrons. The van der Waals surface area contributed by atoms with Crippen molar-refractivity contribution < 1.29 is 23.5 Å². The summed E-state index contributed by atoms with van der Waals surface area (Å²) >= 11 is 0. The molecule has 2 aromatic rings. The molecule has 0 saturated carbocycles. The molecule has 1 aliphatic carbocycles. The van der Waals surface area contributed by atoms with Crippen molar-refractivity contribution >= 4 is 11.9 Å². The van der Waals surface area contributed by atoms with Crippen molar-refractivity contribution in [1.82, 2.24) is 15.1 Å². The van der Waals surface area contributed by atoms with Gasteiger partial charge in [0.2, 0.25) is 6.43 Å². The van der Waals surface area contributed by atoms with E-state index in [9.17, 15) is 18.4 Å². The van der Waals surface area contributed by atoms with E-state index < -0.39 is 30.8 Å². The van der Waals surface area contributed by atoms with Crippen LogP contribution in [0.5, 0.6) is 0 Å². The zero-order chi connectivity index (χ0) is 19.6. The Morgan fingerprint density at radius 2 is 1.96 bits per heavy atom. The van der Waals surface area contributed by atoms with Gasteiger partial charge in [0.15, 0.2) is 5.69 Å². The number of carboxylic acid groups (broad SMARTS) is 1. The summed E-state index contributed by atoms with van der Waals surface area (Å²) in [5, 5.41) is 15.6. The SMILES string of the molecule is CCc1ccc(-n2nc(C(=O)NC(CC(F)F)C(=O)O)c3c2CCC3)cc1. The monoisotopic (exact) mass is 377 g/mol. The highest BCUT2D eigenvalue weighted by molar-refractivity contribution is 5.96. The van der Waals surface area contributed by atoms with Crippen molar-refractivity contribution in [2.45, 2.75) is 51.5 Å². The number of benzene rings is 1. The molecular weight excluding hydrogens is 356 g/mol. The fourth-order valence-corrected chi connectivity index (χ4v) is 3.33. The van der Waals surface area contributed by atoms with Gasteiger partial charge in [0.05, 0.1) is 5.69 Å². The van der Waals surface area contributed by atoms with Crippen LogP contribution in [0.3, 0.4) is 0 Å². The molecule has 1 heterocycles. The summed E-state index contributed by atoms with van der Waals surface area (Å²) in [5.74, 6) is -2.22. The molecular formula is C19H21F2N3O3. The third-order valence-corrected chi connectivity index (χ3v) is 4.75. The van der Waals surface area contributed by atoms with Crippen LogP contribution >= 0.6 is 0 Å². The maximum atomic E-state index is 12.6. The van der Waals surface area contributed by atoms with Gasteiger partial charge in [0.25, 0.3) is 5.91 Å². The van der Waals surface area contributed by atoms with Gasteiger partial charge in [0, 0.05) is 17.7 Å². The number of rotatable bonds is 7. The van der Waals surface area contributed by atoms with Crippen LogP contribution in [-0.2, 0) is 24.1 Å². The molecule has 1 atom stereocenters. The fraction of sp³-hybridized carbons (Fsp3) is 0.421. The maximum Gasteiger partial charge on any atom is 0.326 e. The van der Waals surface area contributed by atoms with E-state index in [-0.39, 0.29) is 5.69 Å². The maximum absolute atomic E-state index is 12.6. The van der Waals surface area contributed by atoms with Crippen molar-refractivity contribution in [2.24, 2.45) is 0 Å². The molecule has 0 saturated heterocycles. The molecule has 1 aromatic carbocycles. The van der Waals surface area contributed by atoms with E-state index in [1.165, 1.54) is 5.56 Å². The summed E-state index contributed by atoms with van der Waals surface area (Å²) in [6.45, 7) is 2.06. The Morgan fingerprint density at radius 3 is 2.56 bits per heavy atom. The summed E-state index contributed by atoms with van der Waals surface area (Å²) in [4.78, 5) is 23.7. The number of carbonyl (C=O) groups excluding carboxylic acids is 1. The highest BCUT2D eigenvalue weighted by Gasteiger charge is 2.30. The summed E-state index contributed by atoms with van der Waals surface area (Å²) < 4.78 is 26.8. The summed E-state index contributed by atoms with van der Waals surface area (Å²) in [6.07, 6.45) is -0.594. The smallest absolute Gasteiger partial charge is 0.326 e. The first kappa shape index (κ1) is 19.0. The normalized spacial score (nSPS) is 14.2. The third-order valence-electron chi connectivity index (χ3n) is 4.75. The van der Waals surface area contributed by atoms with Crippen LogP contribution in [0.15, 0.2) is 24.3 Å². The quantitative estimate of drug-likeness (QED) is 0.777. The first-order valence-electron chi connectivity index (χ1n) is 8.92. The van der Waals surface area contributed by atoms with Crippen molar-refractivity contribution in [3.05, 3.63) is 46.8 Å². The van der Waals surface area contributed by atoms with E-state index >= 15 is 0 Å². The number of aromatic nitrogens is 2. The molecule has 0 spiro atoms. The van der Waals surface area contributed by atoms with Crippen LogP contribution in [-0.4, -0.2) is 39.2 Å². The van der Waals surface area contributed by atoms with Gasteiger partial charge in [-0.15, -0.1) is 0 Å². The van der Waals surface area contributed by atoms with Crippen LogP contribution in [0.2, 0.25) is 0 Å². The summed E-state index contributed by atoms with van der Waals surface area (Å²) in [5.41, 5.74) is 3.77. The molecule has 1 unspecified atom stereocenters. The Kier molecular flexibility index (Phi) is 5.53. The average Bonchev–Trinajstić information content (AvgIpc) is 3.23. The fourth-order valence-electron chi connectivity index (χ4n) is 3.33. The molecule has 0 bridgehead atoms. The molecule has 0 fully saturated rings. The number of hydrogen-bond acceptors (Lipinski definition) is 3. The van der Waals surface area contributed by atoms with E-state index in [2.05, 4.69) is 17.3 Å². The Balaban J connectivity index is 1.90. The topological polar surface area (TPSA) is 84.2 Å². The van der Waals surface area contributed by atoms with Crippen molar-refractivity contribution in [3.8, 4) is 5.69 Å². The molecule has 1 aliphatic rings. The molecule has 6 nitrogen and oxygen atoms in total. The number of carbonyl (C=O) groups is 2. The Bertz CT molecular complexity index is 847. The molecule has 27 heavy (non-hydrogen) atoms. The van der Waals surface area contributed by atoms with Crippen molar-refractivity contribution in [1.29, 1.82) is 0 Å². The second kappa shape index (κ2) is 7.85. The number of aliphatic carboxylic acids is 1. The lowest BCUT2D eigenvalue weighted by atomic mass is 10.1. The predicted molar refractivity (Wildman–Crippen MR) is 94.5 cm³/mol. The van der Waals surface area contributed by atoms with E-state index in [4.69, 9.17) is 5.11 Å². The Morgan fingerprint density at radius 1 is 1.26 bits per heavy atom. The van der Waals surface area contributed by atoms with Gasteiger partial charge in [-0.3, -0.25) is 4.79 Å². The van der Waals surface area contributed by atoms with Crippen LogP contribution in [0.1, 0.15) is 47.1 Å². The van der Waals surface area contributed by atoms with Gasteiger partial charge in [-0.05, 0) is 43.4 Å². The first-order valence-corrected chi connectivity index (χ1v) is 8.92. The molecule has 0 aliphatic heterocycles. The minimum atomic E-state index is -2.83. The molecule has 2 N–H and O–H groups in total. The number of fused-ring (bicyclic) bond motifs is 1. The van der Waals surface area contributed by atoms with Crippen LogP contribution in [0.4, 0.5) is 8.78 Å². The number of amides is 1. The van der Waals surface area contributed by atoms with E-state index in [0.717, 1.165) is 36.2 Å². The zero-order valence-electron chi connectivity index (χ0n) is 14.9. The summed E-state index contributed by atoms with van der Waals surface area (Å²) in [6, 6.07) is 6.16. The lowest BCUT2D eigenvalue weighted by Crippen LogP contribution is -2.42. The molecule has 144 valence electrons. The van der Waals surface area contributed by atoms with Gasteiger partial charge in [-0.2, -0.15) is 5.10 Å². The number of nitrogens with one attached hydrogen (secondary N) is 1. The Hall–Kier alpha value is -2.77. The molecule has 3 rings (SSSR count). The first-order chi connectivity index (χ1) is 12.9. The number of aryl methyl sites for hydroxylation is 1. The lowest BCUT2D eigenvalue weighted by Gasteiger charge is -2.13. The number of nitrogens with zero attached hydrogens (tertiary/aromatic N) is 2. The minimum Gasteiger partial charge on any atom is -0.480 e. The van der Waals surface area contributed by atoms with E-state index in [1.54, 1.807) is 4.68 Å².